The van der Waals surface area contributed by atoms with Crippen molar-refractivity contribution in [1.82, 2.24) is 20.1 Å². The Morgan fingerprint density at radius 2 is 1.93 bits per heavy atom. The van der Waals surface area contributed by atoms with Crippen molar-refractivity contribution < 1.29 is 4.79 Å². The highest BCUT2D eigenvalue weighted by atomic mass is 32.1. The van der Waals surface area contributed by atoms with Crippen LogP contribution in [0.5, 0.6) is 0 Å². The molecule has 1 amide bonds. The highest BCUT2D eigenvalue weighted by molar-refractivity contribution is 7.12. The van der Waals surface area contributed by atoms with Gasteiger partial charge in [0.05, 0.1) is 34.7 Å². The molecule has 1 N–H and O–H groups in total. The molecule has 0 aliphatic rings. The van der Waals surface area contributed by atoms with Gasteiger partial charge in [-0.05, 0) is 42.1 Å². The molecule has 0 saturated heterocycles. The lowest BCUT2D eigenvalue weighted by Crippen LogP contribution is -2.28. The summed E-state index contributed by atoms with van der Waals surface area (Å²) in [5.41, 5.74) is 2.28. The van der Waals surface area contributed by atoms with Crippen LogP contribution < -0.4 is 10.9 Å². The Hall–Kier alpha value is -3.32. The van der Waals surface area contributed by atoms with Gasteiger partial charge >= 0.3 is 0 Å². The lowest BCUT2D eigenvalue weighted by atomic mass is 10.1. The summed E-state index contributed by atoms with van der Waals surface area (Å²) in [7, 11) is 0. The first kappa shape index (κ1) is 18.1. The number of hydrogen-bond donors (Lipinski definition) is 1. The zero-order chi connectivity index (χ0) is 19.5. The molecule has 0 aliphatic carbocycles. The van der Waals surface area contributed by atoms with Gasteiger partial charge in [0.25, 0.3) is 11.5 Å². The topological polar surface area (TPSA) is 76.9 Å². The number of amides is 1. The number of benzene rings is 1. The molecule has 0 atom stereocenters. The number of aromatic nitrogens is 3. The number of carbonyl (C=O) groups is 1. The van der Waals surface area contributed by atoms with E-state index in [4.69, 9.17) is 0 Å². The summed E-state index contributed by atoms with van der Waals surface area (Å²) in [6, 6.07) is 14.7. The van der Waals surface area contributed by atoms with Gasteiger partial charge in [-0.2, -0.15) is 5.10 Å². The summed E-state index contributed by atoms with van der Waals surface area (Å²) in [6.45, 7) is 2.46. The molecule has 140 valence electrons. The van der Waals surface area contributed by atoms with Crippen LogP contribution in [-0.4, -0.2) is 20.7 Å². The third kappa shape index (κ3) is 3.70. The normalized spacial score (nSPS) is 10.9. The largest absolute Gasteiger partial charge is 0.346 e. The maximum Gasteiger partial charge on any atom is 0.275 e. The molecule has 0 unspecified atom stereocenters. The molecule has 0 radical (unpaired) electrons. The molecule has 28 heavy (non-hydrogen) atoms. The van der Waals surface area contributed by atoms with Crippen LogP contribution in [0.4, 0.5) is 0 Å². The van der Waals surface area contributed by atoms with Gasteiger partial charge in [0, 0.05) is 11.6 Å². The zero-order valence-corrected chi connectivity index (χ0v) is 16.1. The van der Waals surface area contributed by atoms with Crippen LogP contribution in [0.15, 0.2) is 64.9 Å². The highest BCUT2D eigenvalue weighted by Crippen LogP contribution is 2.16. The van der Waals surface area contributed by atoms with E-state index in [9.17, 15) is 9.59 Å². The number of hydrogen-bond acceptors (Lipinski definition) is 5. The number of nitrogens with zero attached hydrogens (tertiary/aromatic N) is 3. The van der Waals surface area contributed by atoms with Gasteiger partial charge in [-0.25, -0.2) is 4.68 Å². The van der Waals surface area contributed by atoms with E-state index in [1.54, 1.807) is 12.3 Å². The predicted octanol–water partition coefficient (Wildman–Crippen LogP) is 3.14. The number of carbonyl (C=O) groups excluding carboxylic acids is 1. The SMILES string of the molecule is Cc1csc(C(=O)NCc2nn(Cc3ccccn3)c(=O)c3ccccc23)c1. The molecule has 3 heterocycles. The molecular weight excluding hydrogens is 372 g/mol. The van der Waals surface area contributed by atoms with E-state index in [0.29, 0.717) is 16.0 Å². The number of aryl methyl sites for hydroxylation is 1. The second kappa shape index (κ2) is 7.74. The fraction of sp³-hybridized carbons (Fsp3) is 0.143. The molecule has 0 bridgehead atoms. The van der Waals surface area contributed by atoms with Crippen molar-refractivity contribution in [3.05, 3.63) is 92.3 Å². The van der Waals surface area contributed by atoms with Crippen LogP contribution in [0.25, 0.3) is 10.8 Å². The Kier molecular flexibility index (Phi) is 4.99. The molecule has 0 spiro atoms. The predicted molar refractivity (Wildman–Crippen MR) is 110 cm³/mol. The van der Waals surface area contributed by atoms with Crippen LogP contribution in [0.1, 0.15) is 26.6 Å². The lowest BCUT2D eigenvalue weighted by Gasteiger charge is -2.11. The highest BCUT2D eigenvalue weighted by Gasteiger charge is 2.13. The van der Waals surface area contributed by atoms with Crippen molar-refractivity contribution in [3.63, 3.8) is 0 Å². The molecule has 0 fully saturated rings. The average molecular weight is 390 g/mol. The summed E-state index contributed by atoms with van der Waals surface area (Å²) in [6.07, 6.45) is 1.69. The van der Waals surface area contributed by atoms with Gasteiger partial charge in [-0.15, -0.1) is 11.3 Å². The Bertz CT molecular complexity index is 1200. The van der Waals surface area contributed by atoms with Crippen molar-refractivity contribution >= 4 is 28.0 Å². The molecule has 0 aliphatic heterocycles. The van der Waals surface area contributed by atoms with E-state index in [2.05, 4.69) is 15.4 Å². The lowest BCUT2D eigenvalue weighted by molar-refractivity contribution is 0.0954. The Morgan fingerprint density at radius 3 is 2.64 bits per heavy atom. The van der Waals surface area contributed by atoms with E-state index in [1.807, 2.05) is 54.8 Å². The maximum absolute atomic E-state index is 12.8. The number of nitrogens with one attached hydrogen (secondary N) is 1. The Morgan fingerprint density at radius 1 is 1.14 bits per heavy atom. The van der Waals surface area contributed by atoms with Crippen molar-refractivity contribution in [2.45, 2.75) is 20.0 Å². The minimum Gasteiger partial charge on any atom is -0.346 e. The summed E-state index contributed by atoms with van der Waals surface area (Å²) in [5.74, 6) is -0.147. The summed E-state index contributed by atoms with van der Waals surface area (Å²) in [5, 5.41) is 10.7. The zero-order valence-electron chi connectivity index (χ0n) is 15.3. The third-order valence-corrected chi connectivity index (χ3v) is 5.40. The molecule has 0 saturated carbocycles. The van der Waals surface area contributed by atoms with E-state index >= 15 is 0 Å². The molecule has 4 rings (SSSR count). The summed E-state index contributed by atoms with van der Waals surface area (Å²) >= 11 is 1.41. The van der Waals surface area contributed by atoms with Gasteiger partial charge < -0.3 is 5.32 Å². The first-order chi connectivity index (χ1) is 13.6. The molecule has 1 aromatic carbocycles. The second-order valence-electron chi connectivity index (χ2n) is 6.45. The van der Waals surface area contributed by atoms with E-state index < -0.39 is 0 Å². The average Bonchev–Trinajstić information content (AvgIpc) is 3.16. The van der Waals surface area contributed by atoms with E-state index in [1.165, 1.54) is 16.0 Å². The Labute approximate surface area is 165 Å². The molecule has 6 nitrogen and oxygen atoms in total. The van der Waals surface area contributed by atoms with Gasteiger partial charge in [0.1, 0.15) is 0 Å². The second-order valence-corrected chi connectivity index (χ2v) is 7.36. The van der Waals surface area contributed by atoms with Crippen molar-refractivity contribution in [3.8, 4) is 0 Å². The van der Waals surface area contributed by atoms with Crippen molar-refractivity contribution in [2.24, 2.45) is 0 Å². The van der Waals surface area contributed by atoms with Crippen LogP contribution in [-0.2, 0) is 13.1 Å². The molecular formula is C21H18N4O2S. The number of fused-ring (bicyclic) bond motifs is 1. The minimum absolute atomic E-state index is 0.147. The molecule has 4 aromatic rings. The van der Waals surface area contributed by atoms with E-state index in [0.717, 1.165) is 16.6 Å². The van der Waals surface area contributed by atoms with Gasteiger partial charge in [0.15, 0.2) is 0 Å². The number of pyridine rings is 1. The van der Waals surface area contributed by atoms with Crippen LogP contribution >= 0.6 is 11.3 Å². The number of rotatable bonds is 5. The first-order valence-corrected chi connectivity index (χ1v) is 9.72. The quantitative estimate of drug-likeness (QED) is 0.568. The molecule has 3 aromatic heterocycles. The smallest absolute Gasteiger partial charge is 0.275 e. The standard InChI is InChI=1S/C21H18N4O2S/c1-14-10-19(28-13-14)20(26)23-11-18-16-7-2-3-8-17(16)21(27)25(24-18)12-15-6-4-5-9-22-15/h2-10,13H,11-12H2,1H3,(H,23,26). The first-order valence-electron chi connectivity index (χ1n) is 8.84. The van der Waals surface area contributed by atoms with E-state index in [-0.39, 0.29) is 24.6 Å². The third-order valence-electron chi connectivity index (χ3n) is 4.35. The van der Waals surface area contributed by atoms with Crippen LogP contribution in [0.2, 0.25) is 0 Å². The minimum atomic E-state index is -0.176. The van der Waals surface area contributed by atoms with Gasteiger partial charge in [0.2, 0.25) is 0 Å². The summed E-state index contributed by atoms with van der Waals surface area (Å²) < 4.78 is 1.40. The van der Waals surface area contributed by atoms with Gasteiger partial charge in [-0.1, -0.05) is 24.3 Å². The van der Waals surface area contributed by atoms with Crippen molar-refractivity contribution in [1.29, 1.82) is 0 Å². The van der Waals surface area contributed by atoms with Crippen LogP contribution in [0.3, 0.4) is 0 Å². The molecule has 7 heteroatoms. The van der Waals surface area contributed by atoms with Crippen molar-refractivity contribution in [2.75, 3.05) is 0 Å². The van der Waals surface area contributed by atoms with Gasteiger partial charge in [-0.3, -0.25) is 14.6 Å². The summed E-state index contributed by atoms with van der Waals surface area (Å²) in [4.78, 5) is 30.2. The fourth-order valence-electron chi connectivity index (χ4n) is 2.99. The number of thiophene rings is 1. The van der Waals surface area contributed by atoms with Crippen LogP contribution in [0, 0.1) is 6.92 Å². The monoisotopic (exact) mass is 390 g/mol. The maximum atomic E-state index is 12.8. The Balaban J connectivity index is 1.67. The fourth-order valence-corrected chi connectivity index (χ4v) is 3.80.